The molecule has 0 aliphatic heterocycles. The van der Waals surface area contributed by atoms with Gasteiger partial charge in [-0.1, -0.05) is 0 Å². The smallest absolute Gasteiger partial charge is 0.259 e. The standard InChI is InChI=1S/C18H16N4O2S2/c1-10-6-13-17(24)21-15(22-18(13)26-10)8-25-9-16(23)20-12-2-3-14-11(7-12)4-5-19-14/h2-7,19H,8-9H2,1H3,(H,20,23)(H,21,22,24). The van der Waals surface area contributed by atoms with Crippen molar-refractivity contribution in [2.24, 2.45) is 0 Å². The van der Waals surface area contributed by atoms with Crippen LogP contribution < -0.4 is 10.9 Å². The number of rotatable bonds is 5. The number of fused-ring (bicyclic) bond motifs is 2. The summed E-state index contributed by atoms with van der Waals surface area (Å²) in [4.78, 5) is 36.4. The number of aryl methyl sites for hydroxylation is 1. The molecule has 0 saturated carbocycles. The number of nitrogens with one attached hydrogen (secondary N) is 3. The monoisotopic (exact) mass is 384 g/mol. The molecule has 1 aromatic carbocycles. The van der Waals surface area contributed by atoms with Gasteiger partial charge in [-0.3, -0.25) is 9.59 Å². The highest BCUT2D eigenvalue weighted by atomic mass is 32.2. The first-order chi connectivity index (χ1) is 12.6. The number of thioether (sulfide) groups is 1. The van der Waals surface area contributed by atoms with E-state index in [1.54, 1.807) is 0 Å². The molecule has 4 rings (SSSR count). The van der Waals surface area contributed by atoms with E-state index in [-0.39, 0.29) is 17.2 Å². The van der Waals surface area contributed by atoms with Gasteiger partial charge in [0.1, 0.15) is 10.7 Å². The average Bonchev–Trinajstić information content (AvgIpc) is 3.20. The molecule has 1 amide bonds. The predicted molar refractivity (Wildman–Crippen MR) is 108 cm³/mol. The van der Waals surface area contributed by atoms with Crippen molar-refractivity contribution in [3.8, 4) is 0 Å². The van der Waals surface area contributed by atoms with E-state index in [2.05, 4.69) is 20.3 Å². The van der Waals surface area contributed by atoms with E-state index >= 15 is 0 Å². The second kappa shape index (κ2) is 6.97. The lowest BCUT2D eigenvalue weighted by Crippen LogP contribution is -2.15. The van der Waals surface area contributed by atoms with E-state index in [4.69, 9.17) is 0 Å². The highest BCUT2D eigenvalue weighted by Crippen LogP contribution is 2.21. The molecule has 0 atom stereocenters. The second-order valence-electron chi connectivity index (χ2n) is 5.91. The molecule has 0 saturated heterocycles. The van der Waals surface area contributed by atoms with Crippen LogP contribution in [0.2, 0.25) is 0 Å². The topological polar surface area (TPSA) is 90.6 Å². The Hall–Kier alpha value is -2.58. The van der Waals surface area contributed by atoms with Crippen molar-refractivity contribution in [1.82, 2.24) is 15.0 Å². The van der Waals surface area contributed by atoms with Crippen molar-refractivity contribution >= 4 is 55.8 Å². The van der Waals surface area contributed by atoms with Gasteiger partial charge in [-0.15, -0.1) is 23.1 Å². The van der Waals surface area contributed by atoms with Crippen molar-refractivity contribution < 1.29 is 4.79 Å². The summed E-state index contributed by atoms with van der Waals surface area (Å²) in [7, 11) is 0. The molecule has 132 valence electrons. The number of benzene rings is 1. The Morgan fingerprint density at radius 3 is 3.08 bits per heavy atom. The number of amides is 1. The van der Waals surface area contributed by atoms with E-state index < -0.39 is 0 Å². The SMILES string of the molecule is Cc1cc2c(=O)[nH]c(CSCC(=O)Nc3ccc4[nH]ccc4c3)nc2s1. The molecule has 0 bridgehead atoms. The highest BCUT2D eigenvalue weighted by Gasteiger charge is 2.09. The summed E-state index contributed by atoms with van der Waals surface area (Å²) in [5.41, 5.74) is 1.68. The minimum absolute atomic E-state index is 0.0831. The number of aromatic nitrogens is 3. The van der Waals surface area contributed by atoms with E-state index in [0.29, 0.717) is 17.0 Å². The van der Waals surface area contributed by atoms with Crippen molar-refractivity contribution in [1.29, 1.82) is 0 Å². The van der Waals surface area contributed by atoms with Gasteiger partial charge in [-0.25, -0.2) is 4.98 Å². The van der Waals surface area contributed by atoms with Crippen LogP contribution in [0.15, 0.2) is 41.3 Å². The fraction of sp³-hybridized carbons (Fsp3) is 0.167. The molecule has 0 aliphatic rings. The van der Waals surface area contributed by atoms with Gasteiger partial charge in [0.15, 0.2) is 0 Å². The molecular formula is C18H16N4O2S2. The van der Waals surface area contributed by atoms with Gasteiger partial charge in [-0.05, 0) is 37.3 Å². The summed E-state index contributed by atoms with van der Waals surface area (Å²) < 4.78 is 0. The lowest BCUT2D eigenvalue weighted by atomic mass is 10.2. The number of nitrogens with zero attached hydrogens (tertiary/aromatic N) is 1. The van der Waals surface area contributed by atoms with Crippen molar-refractivity contribution in [3.05, 3.63) is 57.6 Å². The van der Waals surface area contributed by atoms with E-state index in [0.717, 1.165) is 26.3 Å². The Bertz CT molecular complexity index is 1160. The normalized spacial score (nSPS) is 11.3. The number of thiophene rings is 1. The Labute approximate surface area is 157 Å². The minimum Gasteiger partial charge on any atom is -0.361 e. The molecule has 0 fully saturated rings. The van der Waals surface area contributed by atoms with Gasteiger partial charge in [-0.2, -0.15) is 0 Å². The summed E-state index contributed by atoms with van der Waals surface area (Å²) in [6.07, 6.45) is 1.87. The Balaban J connectivity index is 1.36. The van der Waals surface area contributed by atoms with Crippen molar-refractivity contribution in [2.75, 3.05) is 11.1 Å². The molecule has 8 heteroatoms. The zero-order valence-corrected chi connectivity index (χ0v) is 15.6. The molecule has 3 heterocycles. The molecule has 0 aliphatic carbocycles. The molecule has 0 radical (unpaired) electrons. The molecule has 6 nitrogen and oxygen atoms in total. The summed E-state index contributed by atoms with van der Waals surface area (Å²) in [5, 5.41) is 4.57. The van der Waals surface area contributed by atoms with Crippen LogP contribution >= 0.6 is 23.1 Å². The summed E-state index contributed by atoms with van der Waals surface area (Å²) in [6.45, 7) is 1.95. The quantitative estimate of drug-likeness (QED) is 0.490. The maximum Gasteiger partial charge on any atom is 0.259 e. The summed E-state index contributed by atoms with van der Waals surface area (Å²) >= 11 is 2.92. The third-order valence-corrected chi connectivity index (χ3v) is 5.77. The molecule has 4 aromatic rings. The Morgan fingerprint density at radius 1 is 1.31 bits per heavy atom. The predicted octanol–water partition coefficient (Wildman–Crippen LogP) is 3.65. The number of carbonyl (C=O) groups is 1. The molecule has 3 N–H and O–H groups in total. The number of hydrogen-bond donors (Lipinski definition) is 3. The molecule has 0 spiro atoms. The number of aromatic amines is 2. The Kier molecular flexibility index (Phi) is 4.52. The number of hydrogen-bond acceptors (Lipinski definition) is 5. The van der Waals surface area contributed by atoms with Crippen LogP contribution in [0.4, 0.5) is 5.69 Å². The lowest BCUT2D eigenvalue weighted by Gasteiger charge is -2.05. The first-order valence-electron chi connectivity index (χ1n) is 8.02. The molecular weight excluding hydrogens is 368 g/mol. The molecule has 26 heavy (non-hydrogen) atoms. The third-order valence-electron chi connectivity index (χ3n) is 3.88. The van der Waals surface area contributed by atoms with Gasteiger partial charge >= 0.3 is 0 Å². The van der Waals surface area contributed by atoms with Crippen LogP contribution in [0.5, 0.6) is 0 Å². The highest BCUT2D eigenvalue weighted by molar-refractivity contribution is 7.99. The van der Waals surface area contributed by atoms with Gasteiger partial charge in [0.2, 0.25) is 5.91 Å². The maximum atomic E-state index is 12.1. The van der Waals surface area contributed by atoms with Gasteiger partial charge in [0.05, 0.1) is 16.9 Å². The zero-order chi connectivity index (χ0) is 18.1. The fourth-order valence-corrected chi connectivity index (χ4v) is 4.32. The van der Waals surface area contributed by atoms with Crippen LogP contribution in [-0.4, -0.2) is 26.6 Å². The van der Waals surface area contributed by atoms with Gasteiger partial charge in [0.25, 0.3) is 5.56 Å². The van der Waals surface area contributed by atoms with Gasteiger partial charge < -0.3 is 15.3 Å². The number of H-pyrrole nitrogens is 2. The minimum atomic E-state index is -0.126. The maximum absolute atomic E-state index is 12.1. The average molecular weight is 384 g/mol. The molecule has 0 unspecified atom stereocenters. The second-order valence-corrected chi connectivity index (χ2v) is 8.13. The van der Waals surface area contributed by atoms with Crippen LogP contribution in [-0.2, 0) is 10.5 Å². The first-order valence-corrected chi connectivity index (χ1v) is 10.00. The van der Waals surface area contributed by atoms with E-state index in [9.17, 15) is 9.59 Å². The van der Waals surface area contributed by atoms with Crippen LogP contribution in [0.25, 0.3) is 21.1 Å². The van der Waals surface area contributed by atoms with E-state index in [1.165, 1.54) is 23.1 Å². The van der Waals surface area contributed by atoms with Gasteiger partial charge in [0, 0.05) is 27.7 Å². The van der Waals surface area contributed by atoms with Crippen LogP contribution in [0, 0.1) is 6.92 Å². The van der Waals surface area contributed by atoms with E-state index in [1.807, 2.05) is 43.5 Å². The molecule has 3 aromatic heterocycles. The largest absolute Gasteiger partial charge is 0.361 e. The fourth-order valence-electron chi connectivity index (χ4n) is 2.73. The first kappa shape index (κ1) is 16.9. The summed E-state index contributed by atoms with van der Waals surface area (Å²) in [5.74, 6) is 1.28. The van der Waals surface area contributed by atoms with Crippen LogP contribution in [0.3, 0.4) is 0 Å². The third kappa shape index (κ3) is 3.51. The Morgan fingerprint density at radius 2 is 2.19 bits per heavy atom. The van der Waals surface area contributed by atoms with Crippen LogP contribution in [0.1, 0.15) is 10.7 Å². The number of anilines is 1. The zero-order valence-electron chi connectivity index (χ0n) is 14.0. The van der Waals surface area contributed by atoms with Crippen molar-refractivity contribution in [3.63, 3.8) is 0 Å². The number of carbonyl (C=O) groups excluding carboxylic acids is 1. The van der Waals surface area contributed by atoms with Crippen molar-refractivity contribution in [2.45, 2.75) is 12.7 Å². The lowest BCUT2D eigenvalue weighted by molar-refractivity contribution is -0.113. The summed E-state index contributed by atoms with van der Waals surface area (Å²) in [6, 6.07) is 9.54.